The van der Waals surface area contributed by atoms with Crippen LogP contribution in [0, 0.1) is 0 Å². The molecule has 1 fully saturated rings. The van der Waals surface area contributed by atoms with Crippen LogP contribution in [0.15, 0.2) is 39.5 Å². The van der Waals surface area contributed by atoms with E-state index in [9.17, 15) is 9.59 Å². The maximum Gasteiger partial charge on any atom is 0.349 e. The Balaban J connectivity index is 1.74. The number of ether oxygens (including phenoxy) is 1. The summed E-state index contributed by atoms with van der Waals surface area (Å²) in [4.78, 5) is 29.0. The highest BCUT2D eigenvalue weighted by Crippen LogP contribution is 2.14. The molecule has 1 amide bonds. The van der Waals surface area contributed by atoms with Crippen molar-refractivity contribution in [3.05, 3.63) is 46.3 Å². The fourth-order valence-electron chi connectivity index (χ4n) is 2.20. The van der Waals surface area contributed by atoms with E-state index in [0.29, 0.717) is 24.0 Å². The van der Waals surface area contributed by atoms with E-state index in [-0.39, 0.29) is 5.56 Å². The Kier molecular flexibility index (Phi) is 3.98. The molecular formula is C15H15NO5. The molecule has 110 valence electrons. The minimum atomic E-state index is -0.695. The normalized spacial score (nSPS) is 18.6. The summed E-state index contributed by atoms with van der Waals surface area (Å²) in [5.41, 5.74) is 1.90. The van der Waals surface area contributed by atoms with Gasteiger partial charge in [0, 0.05) is 18.4 Å². The lowest BCUT2D eigenvalue weighted by molar-refractivity contribution is -0.186. The number of amides is 1. The van der Waals surface area contributed by atoms with Gasteiger partial charge in [-0.1, -0.05) is 18.2 Å². The maximum absolute atomic E-state index is 12.0. The van der Waals surface area contributed by atoms with Crippen LogP contribution in [0.4, 0.5) is 0 Å². The molecule has 0 aliphatic carbocycles. The maximum atomic E-state index is 12.0. The fraction of sp³-hybridized carbons (Fsp3) is 0.333. The van der Waals surface area contributed by atoms with Crippen LogP contribution in [-0.4, -0.2) is 18.8 Å². The summed E-state index contributed by atoms with van der Waals surface area (Å²) in [5, 5.41) is 0.677. The van der Waals surface area contributed by atoms with Gasteiger partial charge in [0.15, 0.2) is 6.29 Å². The monoisotopic (exact) mass is 289 g/mol. The molecule has 1 aromatic heterocycles. The molecule has 1 N–H and O–H groups in total. The van der Waals surface area contributed by atoms with Crippen LogP contribution in [0.5, 0.6) is 0 Å². The topological polar surface area (TPSA) is 77.8 Å². The van der Waals surface area contributed by atoms with E-state index in [4.69, 9.17) is 14.0 Å². The zero-order valence-electron chi connectivity index (χ0n) is 11.3. The highest BCUT2D eigenvalue weighted by atomic mass is 16.8. The van der Waals surface area contributed by atoms with Crippen LogP contribution in [0.25, 0.3) is 11.0 Å². The smallest absolute Gasteiger partial charge is 0.349 e. The van der Waals surface area contributed by atoms with Crippen molar-refractivity contribution in [2.45, 2.75) is 25.6 Å². The SMILES string of the molecule is O=C(NO[C@@H]1CCCCO1)c1cc2ccccc2oc1=O. The molecule has 21 heavy (non-hydrogen) atoms. The van der Waals surface area contributed by atoms with Crippen molar-refractivity contribution >= 4 is 16.9 Å². The third kappa shape index (κ3) is 3.12. The zero-order valence-corrected chi connectivity index (χ0v) is 11.3. The number of carbonyl (C=O) groups excluding carboxylic acids is 1. The first kappa shape index (κ1) is 13.8. The van der Waals surface area contributed by atoms with Crippen molar-refractivity contribution < 1.29 is 18.8 Å². The first-order chi connectivity index (χ1) is 10.2. The Morgan fingerprint density at radius 3 is 2.95 bits per heavy atom. The van der Waals surface area contributed by atoms with Crippen LogP contribution in [-0.2, 0) is 9.57 Å². The molecule has 0 unspecified atom stereocenters. The number of fused-ring (bicyclic) bond motifs is 1. The molecule has 1 aliphatic heterocycles. The lowest BCUT2D eigenvalue weighted by Gasteiger charge is -2.21. The first-order valence-corrected chi connectivity index (χ1v) is 6.84. The molecule has 2 aromatic rings. The minimum Gasteiger partial charge on any atom is -0.422 e. The molecule has 1 aromatic carbocycles. The number of carbonyl (C=O) groups is 1. The largest absolute Gasteiger partial charge is 0.422 e. The zero-order chi connectivity index (χ0) is 14.7. The van der Waals surface area contributed by atoms with Crippen molar-refractivity contribution in [1.82, 2.24) is 5.48 Å². The molecule has 3 rings (SSSR count). The molecule has 6 nitrogen and oxygen atoms in total. The van der Waals surface area contributed by atoms with E-state index in [1.165, 1.54) is 6.07 Å². The second-order valence-corrected chi connectivity index (χ2v) is 4.83. The van der Waals surface area contributed by atoms with Gasteiger partial charge in [0.1, 0.15) is 11.1 Å². The van der Waals surface area contributed by atoms with Crippen LogP contribution in [0.3, 0.4) is 0 Å². The minimum absolute atomic E-state index is 0.0930. The second kappa shape index (κ2) is 6.07. The molecule has 1 atom stereocenters. The number of hydrogen-bond donors (Lipinski definition) is 1. The van der Waals surface area contributed by atoms with Gasteiger partial charge < -0.3 is 9.15 Å². The van der Waals surface area contributed by atoms with E-state index >= 15 is 0 Å². The third-order valence-corrected chi connectivity index (χ3v) is 3.31. The summed E-state index contributed by atoms with van der Waals surface area (Å²) in [6.45, 7) is 0.610. The molecule has 0 spiro atoms. The first-order valence-electron chi connectivity index (χ1n) is 6.84. The van der Waals surface area contributed by atoms with Crippen molar-refractivity contribution in [3.8, 4) is 0 Å². The molecule has 0 bridgehead atoms. The van der Waals surface area contributed by atoms with E-state index < -0.39 is 17.8 Å². The van der Waals surface area contributed by atoms with Crippen molar-refractivity contribution in [3.63, 3.8) is 0 Å². The van der Waals surface area contributed by atoms with Crippen molar-refractivity contribution in [2.75, 3.05) is 6.61 Å². The Bertz CT molecular complexity index is 703. The molecule has 1 aliphatic rings. The summed E-state index contributed by atoms with van der Waals surface area (Å²) in [6, 6.07) is 8.48. The lowest BCUT2D eigenvalue weighted by atomic mass is 10.2. The summed E-state index contributed by atoms with van der Waals surface area (Å²) < 4.78 is 10.4. The van der Waals surface area contributed by atoms with Crippen LogP contribution in [0.1, 0.15) is 29.6 Å². The number of hydroxylamine groups is 1. The van der Waals surface area contributed by atoms with Gasteiger partial charge in [0.2, 0.25) is 0 Å². The van der Waals surface area contributed by atoms with E-state index in [1.807, 2.05) is 0 Å². The number of rotatable bonds is 3. The predicted octanol–water partition coefficient (Wildman–Crippen LogP) is 1.98. The predicted molar refractivity (Wildman–Crippen MR) is 74.6 cm³/mol. The highest BCUT2D eigenvalue weighted by Gasteiger charge is 2.18. The van der Waals surface area contributed by atoms with E-state index in [2.05, 4.69) is 5.48 Å². The van der Waals surface area contributed by atoms with Crippen LogP contribution < -0.4 is 11.1 Å². The van der Waals surface area contributed by atoms with Gasteiger partial charge in [-0.3, -0.25) is 4.79 Å². The highest BCUT2D eigenvalue weighted by molar-refractivity contribution is 5.95. The standard InChI is InChI=1S/C15H15NO5/c17-14(16-21-13-7-3-4-8-19-13)11-9-10-5-1-2-6-12(10)20-15(11)18/h1-2,5-6,9,13H,3-4,7-8H2,(H,16,17)/t13-/m1/s1. The summed E-state index contributed by atoms with van der Waals surface area (Å²) in [5.74, 6) is -0.635. The summed E-state index contributed by atoms with van der Waals surface area (Å²) in [7, 11) is 0. The van der Waals surface area contributed by atoms with Crippen molar-refractivity contribution in [2.24, 2.45) is 0 Å². The van der Waals surface area contributed by atoms with Gasteiger partial charge in [0.05, 0.1) is 0 Å². The van der Waals surface area contributed by atoms with Crippen molar-refractivity contribution in [1.29, 1.82) is 0 Å². The summed E-state index contributed by atoms with van der Waals surface area (Å²) >= 11 is 0. The average Bonchev–Trinajstić information content (AvgIpc) is 2.53. The van der Waals surface area contributed by atoms with Gasteiger partial charge in [-0.15, -0.1) is 0 Å². The Labute approximate surface area is 120 Å². The van der Waals surface area contributed by atoms with Gasteiger partial charge in [-0.2, -0.15) is 0 Å². The molecular weight excluding hydrogens is 274 g/mol. The van der Waals surface area contributed by atoms with Gasteiger partial charge in [0.25, 0.3) is 5.91 Å². The Morgan fingerprint density at radius 2 is 2.14 bits per heavy atom. The molecule has 1 saturated heterocycles. The Morgan fingerprint density at radius 1 is 1.29 bits per heavy atom. The van der Waals surface area contributed by atoms with Gasteiger partial charge in [-0.25, -0.2) is 15.1 Å². The van der Waals surface area contributed by atoms with E-state index in [1.54, 1.807) is 24.3 Å². The van der Waals surface area contributed by atoms with Gasteiger partial charge >= 0.3 is 5.63 Å². The Hall–Kier alpha value is -2.18. The average molecular weight is 289 g/mol. The molecule has 0 saturated carbocycles. The van der Waals surface area contributed by atoms with Crippen LogP contribution in [0.2, 0.25) is 0 Å². The van der Waals surface area contributed by atoms with E-state index in [0.717, 1.165) is 12.8 Å². The fourth-order valence-corrected chi connectivity index (χ4v) is 2.20. The summed E-state index contributed by atoms with van der Waals surface area (Å²) in [6.07, 6.45) is 2.23. The molecule has 0 radical (unpaired) electrons. The number of hydrogen-bond acceptors (Lipinski definition) is 5. The number of nitrogens with one attached hydrogen (secondary N) is 1. The molecule has 2 heterocycles. The lowest BCUT2D eigenvalue weighted by Crippen LogP contribution is -2.35. The quantitative estimate of drug-likeness (QED) is 0.690. The second-order valence-electron chi connectivity index (χ2n) is 4.83. The van der Waals surface area contributed by atoms with Crippen LogP contribution >= 0.6 is 0 Å². The number of benzene rings is 1. The third-order valence-electron chi connectivity index (χ3n) is 3.31. The molecule has 6 heteroatoms. The number of para-hydroxylation sites is 1. The van der Waals surface area contributed by atoms with Gasteiger partial charge in [-0.05, 0) is 25.0 Å².